The van der Waals surface area contributed by atoms with Crippen LogP contribution >= 0.6 is 0 Å². The minimum absolute atomic E-state index is 0.0674. The van der Waals surface area contributed by atoms with Gasteiger partial charge in [0.05, 0.1) is 12.3 Å². The van der Waals surface area contributed by atoms with Crippen LogP contribution in [0.25, 0.3) is 11.3 Å². The van der Waals surface area contributed by atoms with Crippen molar-refractivity contribution in [2.24, 2.45) is 7.05 Å². The first-order valence-electron chi connectivity index (χ1n) is 5.20. The quantitative estimate of drug-likeness (QED) is 0.740. The number of carbonyl (C=O) groups is 1. The number of aryl methyl sites for hydroxylation is 1. The van der Waals surface area contributed by atoms with Crippen LogP contribution < -0.4 is 0 Å². The molecule has 88 valence electrons. The van der Waals surface area contributed by atoms with Crippen LogP contribution in [0.4, 0.5) is 0 Å². The molecule has 0 atom stereocenters. The molecule has 6 heteroatoms. The maximum Gasteiger partial charge on any atom is 0.376 e. The highest BCUT2D eigenvalue weighted by Gasteiger charge is 2.10. The van der Waals surface area contributed by atoms with E-state index in [9.17, 15) is 4.79 Å². The van der Waals surface area contributed by atoms with E-state index in [-0.39, 0.29) is 5.82 Å². The fourth-order valence-corrected chi connectivity index (χ4v) is 1.42. The lowest BCUT2D eigenvalue weighted by Gasteiger charge is -2.02. The van der Waals surface area contributed by atoms with Crippen molar-refractivity contribution < 1.29 is 9.53 Å². The highest BCUT2D eigenvalue weighted by molar-refractivity contribution is 5.85. The van der Waals surface area contributed by atoms with Crippen LogP contribution in [0.3, 0.4) is 0 Å². The van der Waals surface area contributed by atoms with Crippen LogP contribution in [0.1, 0.15) is 17.5 Å². The first-order valence-corrected chi connectivity index (χ1v) is 5.20. The van der Waals surface area contributed by atoms with Crippen LogP contribution in [-0.2, 0) is 11.8 Å². The maximum absolute atomic E-state index is 11.3. The molecule has 0 aliphatic heterocycles. The van der Waals surface area contributed by atoms with E-state index >= 15 is 0 Å². The largest absolute Gasteiger partial charge is 0.460 e. The van der Waals surface area contributed by atoms with Gasteiger partial charge in [0.2, 0.25) is 5.82 Å². The summed E-state index contributed by atoms with van der Waals surface area (Å²) in [5.41, 5.74) is 1.69. The summed E-state index contributed by atoms with van der Waals surface area (Å²) in [5, 5.41) is 4.05. The Morgan fingerprint density at radius 2 is 2.12 bits per heavy atom. The van der Waals surface area contributed by atoms with Crippen LogP contribution in [0.2, 0.25) is 0 Å². The zero-order valence-electron chi connectivity index (χ0n) is 9.62. The van der Waals surface area contributed by atoms with Crippen molar-refractivity contribution in [3.05, 3.63) is 30.5 Å². The van der Waals surface area contributed by atoms with Gasteiger partial charge in [-0.1, -0.05) is 0 Å². The zero-order chi connectivity index (χ0) is 12.3. The Bertz CT molecular complexity index is 519. The molecule has 6 nitrogen and oxygen atoms in total. The summed E-state index contributed by atoms with van der Waals surface area (Å²) in [6.07, 6.45) is 4.85. The van der Waals surface area contributed by atoms with Gasteiger partial charge in [-0.2, -0.15) is 5.10 Å². The molecule has 0 N–H and O–H groups in total. The highest BCUT2D eigenvalue weighted by atomic mass is 16.5. The predicted octanol–water partition coefficient (Wildman–Crippen LogP) is 1.05. The minimum Gasteiger partial charge on any atom is -0.460 e. The zero-order valence-corrected chi connectivity index (χ0v) is 9.62. The molecule has 2 aromatic heterocycles. The van der Waals surface area contributed by atoms with Gasteiger partial charge in [-0.25, -0.2) is 14.8 Å². The monoisotopic (exact) mass is 232 g/mol. The Kier molecular flexibility index (Phi) is 3.13. The van der Waals surface area contributed by atoms with Gasteiger partial charge in [0.25, 0.3) is 0 Å². The molecule has 0 radical (unpaired) electrons. The van der Waals surface area contributed by atoms with Crippen LogP contribution in [0.15, 0.2) is 24.7 Å². The summed E-state index contributed by atoms with van der Waals surface area (Å²) in [5.74, 6) is -0.443. The van der Waals surface area contributed by atoms with E-state index < -0.39 is 5.97 Å². The molecule has 0 spiro atoms. The summed E-state index contributed by atoms with van der Waals surface area (Å²) in [6.45, 7) is 2.05. The van der Waals surface area contributed by atoms with Gasteiger partial charge in [0.1, 0.15) is 0 Å². The molecule has 2 aromatic rings. The number of aromatic nitrogens is 4. The Labute approximate surface area is 98.3 Å². The number of carbonyl (C=O) groups excluding carboxylic acids is 1. The number of esters is 1. The minimum atomic E-state index is -0.510. The number of hydrogen-bond acceptors (Lipinski definition) is 5. The van der Waals surface area contributed by atoms with Crippen molar-refractivity contribution in [2.75, 3.05) is 6.61 Å². The van der Waals surface area contributed by atoms with Crippen LogP contribution in [0.5, 0.6) is 0 Å². The molecular formula is C11H12N4O2. The van der Waals surface area contributed by atoms with Crippen molar-refractivity contribution in [1.82, 2.24) is 19.7 Å². The Hall–Kier alpha value is -2.24. The topological polar surface area (TPSA) is 69.9 Å². The highest BCUT2D eigenvalue weighted by Crippen LogP contribution is 2.15. The standard InChI is InChI=1S/C11H12N4O2/c1-3-17-11(16)10-12-6-8(7-13-10)9-4-5-14-15(9)2/h4-7H,3H2,1-2H3. The molecule has 0 unspecified atom stereocenters. The molecular weight excluding hydrogens is 220 g/mol. The SMILES string of the molecule is CCOC(=O)c1ncc(-c2ccnn2C)cn1. The summed E-state index contributed by atoms with van der Waals surface area (Å²) in [4.78, 5) is 19.3. The van der Waals surface area contributed by atoms with Gasteiger partial charge < -0.3 is 4.74 Å². The first-order chi connectivity index (χ1) is 8.22. The average molecular weight is 232 g/mol. The van der Waals surface area contributed by atoms with E-state index in [1.165, 1.54) is 0 Å². The van der Waals surface area contributed by atoms with Gasteiger partial charge >= 0.3 is 5.97 Å². The molecule has 0 amide bonds. The van der Waals surface area contributed by atoms with Crippen molar-refractivity contribution in [1.29, 1.82) is 0 Å². The van der Waals surface area contributed by atoms with Gasteiger partial charge in [-0.05, 0) is 13.0 Å². The van der Waals surface area contributed by atoms with Gasteiger partial charge in [0, 0.05) is 31.2 Å². The average Bonchev–Trinajstić information content (AvgIpc) is 2.76. The molecule has 2 rings (SSSR count). The number of rotatable bonds is 3. The maximum atomic E-state index is 11.3. The lowest BCUT2D eigenvalue weighted by Crippen LogP contribution is -2.09. The second-order valence-corrected chi connectivity index (χ2v) is 3.36. The van der Waals surface area contributed by atoms with Crippen LogP contribution in [-0.4, -0.2) is 32.3 Å². The first kappa shape index (κ1) is 11.3. The molecule has 2 heterocycles. The van der Waals surface area contributed by atoms with E-state index in [4.69, 9.17) is 4.74 Å². The third kappa shape index (κ3) is 2.30. The third-order valence-corrected chi connectivity index (χ3v) is 2.23. The van der Waals surface area contributed by atoms with E-state index in [0.29, 0.717) is 6.61 Å². The molecule has 0 bridgehead atoms. The Morgan fingerprint density at radius 1 is 1.41 bits per heavy atom. The molecule has 0 saturated carbocycles. The Morgan fingerprint density at radius 3 is 2.65 bits per heavy atom. The number of ether oxygens (including phenoxy) is 1. The number of hydrogen-bond donors (Lipinski definition) is 0. The smallest absolute Gasteiger partial charge is 0.376 e. The van der Waals surface area contributed by atoms with Crippen LogP contribution in [0, 0.1) is 0 Å². The van der Waals surface area contributed by atoms with Crippen molar-refractivity contribution >= 4 is 5.97 Å². The lowest BCUT2D eigenvalue weighted by atomic mass is 10.2. The molecule has 17 heavy (non-hydrogen) atoms. The predicted molar refractivity (Wildman–Crippen MR) is 60.2 cm³/mol. The summed E-state index contributed by atoms with van der Waals surface area (Å²) < 4.78 is 6.51. The molecule has 0 fully saturated rings. The van der Waals surface area contributed by atoms with Gasteiger partial charge in [-0.3, -0.25) is 4.68 Å². The van der Waals surface area contributed by atoms with Gasteiger partial charge in [0.15, 0.2) is 0 Å². The lowest BCUT2D eigenvalue weighted by molar-refractivity contribution is 0.0512. The van der Waals surface area contributed by atoms with Gasteiger partial charge in [-0.15, -0.1) is 0 Å². The fourth-order valence-electron chi connectivity index (χ4n) is 1.42. The normalized spacial score (nSPS) is 10.2. The number of nitrogens with zero attached hydrogens (tertiary/aromatic N) is 4. The van der Waals surface area contributed by atoms with Crippen molar-refractivity contribution in [3.8, 4) is 11.3 Å². The van der Waals surface area contributed by atoms with E-state index in [0.717, 1.165) is 11.3 Å². The molecule has 0 aliphatic carbocycles. The Balaban J connectivity index is 2.25. The van der Waals surface area contributed by atoms with Crippen molar-refractivity contribution in [2.45, 2.75) is 6.92 Å². The molecule has 0 aliphatic rings. The van der Waals surface area contributed by atoms with E-state index in [1.54, 1.807) is 30.2 Å². The fraction of sp³-hybridized carbons (Fsp3) is 0.273. The second-order valence-electron chi connectivity index (χ2n) is 3.36. The summed E-state index contributed by atoms with van der Waals surface area (Å²) >= 11 is 0. The van der Waals surface area contributed by atoms with E-state index in [1.807, 2.05) is 13.1 Å². The second kappa shape index (κ2) is 4.73. The molecule has 0 saturated heterocycles. The summed E-state index contributed by atoms with van der Waals surface area (Å²) in [6, 6.07) is 1.85. The summed E-state index contributed by atoms with van der Waals surface area (Å²) in [7, 11) is 1.83. The van der Waals surface area contributed by atoms with E-state index in [2.05, 4.69) is 15.1 Å². The molecule has 0 aromatic carbocycles. The van der Waals surface area contributed by atoms with Crippen molar-refractivity contribution in [3.63, 3.8) is 0 Å². The third-order valence-electron chi connectivity index (χ3n) is 2.23.